The summed E-state index contributed by atoms with van der Waals surface area (Å²) in [6, 6.07) is 0. The van der Waals surface area contributed by atoms with E-state index in [0.717, 1.165) is 11.3 Å². The minimum atomic E-state index is -0.537. The maximum atomic E-state index is 11.0. The zero-order valence-corrected chi connectivity index (χ0v) is 7.48. The Hall–Kier alpha value is -1.05. The van der Waals surface area contributed by atoms with Crippen LogP contribution in [0.1, 0.15) is 9.80 Å². The molecule has 0 aliphatic heterocycles. The van der Waals surface area contributed by atoms with Crippen LogP contribution in [0.15, 0.2) is 5.38 Å². The molecule has 0 aromatic carbocycles. The van der Waals surface area contributed by atoms with Crippen LogP contribution in [-0.2, 0) is 4.74 Å². The molecular formula is C7H4ClNO2S. The van der Waals surface area contributed by atoms with Crippen molar-refractivity contribution in [3.8, 4) is 12.3 Å². The molecule has 0 bridgehead atoms. The van der Waals surface area contributed by atoms with E-state index in [1.54, 1.807) is 5.38 Å². The third kappa shape index (κ3) is 2.22. The van der Waals surface area contributed by atoms with Gasteiger partial charge >= 0.3 is 5.97 Å². The first-order valence-electron chi connectivity index (χ1n) is 2.95. The Morgan fingerprint density at radius 2 is 2.67 bits per heavy atom. The predicted molar refractivity (Wildman–Crippen MR) is 46.2 cm³/mol. The number of halogens is 1. The van der Waals surface area contributed by atoms with Crippen LogP contribution in [0.3, 0.4) is 0 Å². The SMILES string of the molecule is C#CCOC(=O)c1nc(Cl)cs1. The summed E-state index contributed by atoms with van der Waals surface area (Å²) in [5.74, 6) is 1.64. The van der Waals surface area contributed by atoms with Gasteiger partial charge in [-0.05, 0) is 0 Å². The molecule has 0 radical (unpaired) electrons. The number of nitrogens with zero attached hydrogens (tertiary/aromatic N) is 1. The van der Waals surface area contributed by atoms with Crippen molar-refractivity contribution in [3.63, 3.8) is 0 Å². The number of terminal acetylenes is 1. The summed E-state index contributed by atoms with van der Waals surface area (Å²) in [5, 5.41) is 2.05. The Balaban J connectivity index is 2.61. The van der Waals surface area contributed by atoms with Crippen molar-refractivity contribution in [3.05, 3.63) is 15.5 Å². The average molecular weight is 202 g/mol. The highest BCUT2D eigenvalue weighted by atomic mass is 35.5. The van der Waals surface area contributed by atoms with Crippen LogP contribution in [0.4, 0.5) is 0 Å². The van der Waals surface area contributed by atoms with Crippen molar-refractivity contribution in [2.24, 2.45) is 0 Å². The first-order valence-corrected chi connectivity index (χ1v) is 4.21. The molecule has 0 N–H and O–H groups in total. The van der Waals surface area contributed by atoms with Crippen LogP contribution < -0.4 is 0 Å². The molecule has 12 heavy (non-hydrogen) atoms. The van der Waals surface area contributed by atoms with E-state index < -0.39 is 5.97 Å². The van der Waals surface area contributed by atoms with Crippen LogP contribution in [0.2, 0.25) is 5.15 Å². The van der Waals surface area contributed by atoms with Gasteiger partial charge in [0, 0.05) is 5.38 Å². The summed E-state index contributed by atoms with van der Waals surface area (Å²) in [4.78, 5) is 14.7. The third-order valence-corrected chi connectivity index (χ3v) is 2.08. The largest absolute Gasteiger partial charge is 0.447 e. The molecular weight excluding hydrogens is 198 g/mol. The van der Waals surface area contributed by atoms with Gasteiger partial charge in [0.05, 0.1) is 0 Å². The summed E-state index contributed by atoms with van der Waals surface area (Å²) in [6.45, 7) is -0.0456. The molecule has 0 amide bonds. The number of thiazole rings is 1. The summed E-state index contributed by atoms with van der Waals surface area (Å²) in [5.41, 5.74) is 0. The Morgan fingerprint density at radius 1 is 1.92 bits per heavy atom. The molecule has 0 fully saturated rings. The quantitative estimate of drug-likeness (QED) is 0.539. The van der Waals surface area contributed by atoms with Crippen LogP contribution in [0.5, 0.6) is 0 Å². The fourth-order valence-electron chi connectivity index (χ4n) is 0.517. The first kappa shape index (κ1) is 9.04. The highest BCUT2D eigenvalue weighted by Gasteiger charge is 2.10. The number of ether oxygens (including phenoxy) is 1. The molecule has 0 aliphatic carbocycles. The van der Waals surface area contributed by atoms with E-state index in [4.69, 9.17) is 18.0 Å². The maximum Gasteiger partial charge on any atom is 0.368 e. The van der Waals surface area contributed by atoms with Gasteiger partial charge in [0.15, 0.2) is 6.61 Å². The predicted octanol–water partition coefficient (Wildman–Crippen LogP) is 1.59. The molecule has 0 saturated heterocycles. The Kier molecular flexibility index (Phi) is 3.09. The normalized spacial score (nSPS) is 9.00. The van der Waals surface area contributed by atoms with Gasteiger partial charge in [0.2, 0.25) is 5.01 Å². The van der Waals surface area contributed by atoms with Crippen LogP contribution in [-0.4, -0.2) is 17.6 Å². The van der Waals surface area contributed by atoms with Crippen LogP contribution in [0.25, 0.3) is 0 Å². The number of hydrogen-bond acceptors (Lipinski definition) is 4. The zero-order valence-electron chi connectivity index (χ0n) is 5.91. The fraction of sp³-hybridized carbons (Fsp3) is 0.143. The van der Waals surface area contributed by atoms with Gasteiger partial charge in [-0.15, -0.1) is 17.8 Å². The monoisotopic (exact) mass is 201 g/mol. The molecule has 0 unspecified atom stereocenters. The number of rotatable bonds is 2. The minimum absolute atomic E-state index is 0.0456. The van der Waals surface area contributed by atoms with Crippen LogP contribution in [0, 0.1) is 12.3 Å². The molecule has 0 spiro atoms. The second-order valence-corrected chi connectivity index (χ2v) is 3.00. The third-order valence-electron chi connectivity index (χ3n) is 0.937. The van der Waals surface area contributed by atoms with Crippen molar-refractivity contribution < 1.29 is 9.53 Å². The summed E-state index contributed by atoms with van der Waals surface area (Å²) in [7, 11) is 0. The summed E-state index contributed by atoms with van der Waals surface area (Å²) >= 11 is 6.61. The van der Waals surface area contributed by atoms with E-state index in [9.17, 15) is 4.79 Å². The number of aromatic nitrogens is 1. The van der Waals surface area contributed by atoms with Gasteiger partial charge in [0.25, 0.3) is 0 Å². The van der Waals surface area contributed by atoms with E-state index in [2.05, 4.69) is 15.6 Å². The summed E-state index contributed by atoms with van der Waals surface area (Å²) in [6.07, 6.45) is 4.89. The van der Waals surface area contributed by atoms with Crippen molar-refractivity contribution in [1.82, 2.24) is 4.98 Å². The number of carbonyl (C=O) groups excluding carboxylic acids is 1. The minimum Gasteiger partial charge on any atom is -0.447 e. The molecule has 1 heterocycles. The fourth-order valence-corrected chi connectivity index (χ4v) is 1.35. The van der Waals surface area contributed by atoms with E-state index in [-0.39, 0.29) is 16.8 Å². The lowest BCUT2D eigenvalue weighted by Crippen LogP contribution is -2.04. The second kappa shape index (κ2) is 4.10. The number of hydrogen-bond donors (Lipinski definition) is 0. The van der Waals surface area contributed by atoms with E-state index in [1.165, 1.54) is 0 Å². The van der Waals surface area contributed by atoms with E-state index >= 15 is 0 Å². The molecule has 5 heteroatoms. The lowest BCUT2D eigenvalue weighted by Gasteiger charge is -1.94. The van der Waals surface area contributed by atoms with Crippen molar-refractivity contribution in [2.75, 3.05) is 6.61 Å². The van der Waals surface area contributed by atoms with Crippen molar-refractivity contribution in [2.45, 2.75) is 0 Å². The van der Waals surface area contributed by atoms with Gasteiger partial charge in [-0.1, -0.05) is 17.5 Å². The standard InChI is InChI=1S/C7H4ClNO2S/c1-2-3-11-7(10)6-9-5(8)4-12-6/h1,4H,3H2. The topological polar surface area (TPSA) is 39.2 Å². The van der Waals surface area contributed by atoms with Crippen LogP contribution >= 0.6 is 22.9 Å². The Labute approximate surface area is 78.3 Å². The molecule has 0 saturated carbocycles. The smallest absolute Gasteiger partial charge is 0.368 e. The first-order chi connectivity index (χ1) is 5.74. The van der Waals surface area contributed by atoms with Gasteiger partial charge in [-0.2, -0.15) is 0 Å². The van der Waals surface area contributed by atoms with Gasteiger partial charge in [0.1, 0.15) is 5.15 Å². The molecule has 1 rings (SSSR count). The second-order valence-electron chi connectivity index (χ2n) is 1.76. The number of esters is 1. The molecule has 62 valence electrons. The Bertz CT molecular complexity index is 328. The molecule has 1 aromatic rings. The van der Waals surface area contributed by atoms with Crippen molar-refractivity contribution in [1.29, 1.82) is 0 Å². The van der Waals surface area contributed by atoms with Gasteiger partial charge in [-0.25, -0.2) is 9.78 Å². The Morgan fingerprint density at radius 3 is 3.17 bits per heavy atom. The highest BCUT2D eigenvalue weighted by molar-refractivity contribution is 7.12. The maximum absolute atomic E-state index is 11.0. The molecule has 0 aliphatic rings. The lowest BCUT2D eigenvalue weighted by molar-refractivity contribution is 0.0556. The average Bonchev–Trinajstić information content (AvgIpc) is 2.47. The molecule has 1 aromatic heterocycles. The highest BCUT2D eigenvalue weighted by Crippen LogP contribution is 2.14. The van der Waals surface area contributed by atoms with Gasteiger partial charge < -0.3 is 4.74 Å². The summed E-state index contributed by atoms with van der Waals surface area (Å²) < 4.78 is 4.60. The van der Waals surface area contributed by atoms with E-state index in [0.29, 0.717) is 0 Å². The zero-order chi connectivity index (χ0) is 8.97. The van der Waals surface area contributed by atoms with Crippen molar-refractivity contribution >= 4 is 28.9 Å². The number of carbonyl (C=O) groups is 1. The van der Waals surface area contributed by atoms with E-state index in [1.807, 2.05) is 0 Å². The molecule has 0 atom stereocenters. The lowest BCUT2D eigenvalue weighted by atomic mass is 10.7. The van der Waals surface area contributed by atoms with Gasteiger partial charge in [-0.3, -0.25) is 0 Å². The molecule has 3 nitrogen and oxygen atoms in total.